The van der Waals surface area contributed by atoms with Crippen molar-refractivity contribution in [3.63, 3.8) is 0 Å². The van der Waals surface area contributed by atoms with Crippen LogP contribution in [0.4, 0.5) is 0 Å². The summed E-state index contributed by atoms with van der Waals surface area (Å²) in [5.41, 5.74) is 3.79. The summed E-state index contributed by atoms with van der Waals surface area (Å²) in [6.45, 7) is 12.4. The Morgan fingerprint density at radius 3 is 2.06 bits per heavy atom. The van der Waals surface area contributed by atoms with Crippen LogP contribution in [0.25, 0.3) is 0 Å². The van der Waals surface area contributed by atoms with Crippen molar-refractivity contribution in [2.24, 2.45) is 28.5 Å². The molecule has 1 saturated carbocycles. The average Bonchev–Trinajstić information content (AvgIpc) is 2.59. The normalized spacial score (nSPS) is 26.4. The smallest absolute Gasteiger partial charge is 0.0465 e. The molecule has 2 unspecified atom stereocenters. The Morgan fingerprint density at radius 1 is 1.25 bits per heavy atom. The zero-order valence-corrected chi connectivity index (χ0v) is 11.6. The number of hydrogen-bond donors (Lipinski definition) is 2. The second kappa shape index (κ2) is 4.63. The molecular weight excluding hydrogens is 200 g/mol. The standard InChI is InChI=1S/C13H28N2O/c1-9(7-8-16-6)10(15-14)11-12(2,3)13(11,4)5/h9-11,15H,7-8,14H2,1-6H3. The Bertz CT molecular complexity index is 224. The Balaban J connectivity index is 2.63. The van der Waals surface area contributed by atoms with E-state index in [2.05, 4.69) is 40.0 Å². The van der Waals surface area contributed by atoms with Gasteiger partial charge in [-0.25, -0.2) is 0 Å². The summed E-state index contributed by atoms with van der Waals surface area (Å²) < 4.78 is 5.14. The quantitative estimate of drug-likeness (QED) is 0.541. The second-order valence-electron chi connectivity index (χ2n) is 6.37. The molecule has 0 amide bonds. The maximum atomic E-state index is 5.74. The van der Waals surface area contributed by atoms with Gasteiger partial charge in [0.15, 0.2) is 0 Å². The molecule has 96 valence electrons. The van der Waals surface area contributed by atoms with Crippen LogP contribution in [0.5, 0.6) is 0 Å². The van der Waals surface area contributed by atoms with Crippen molar-refractivity contribution in [2.75, 3.05) is 13.7 Å². The van der Waals surface area contributed by atoms with Gasteiger partial charge in [0, 0.05) is 19.8 Å². The van der Waals surface area contributed by atoms with E-state index in [-0.39, 0.29) is 0 Å². The van der Waals surface area contributed by atoms with Crippen molar-refractivity contribution in [1.29, 1.82) is 0 Å². The van der Waals surface area contributed by atoms with Crippen molar-refractivity contribution < 1.29 is 4.74 Å². The zero-order valence-electron chi connectivity index (χ0n) is 11.6. The number of methoxy groups -OCH3 is 1. The van der Waals surface area contributed by atoms with Crippen molar-refractivity contribution in [3.05, 3.63) is 0 Å². The molecule has 0 aromatic rings. The van der Waals surface area contributed by atoms with Gasteiger partial charge in [0.05, 0.1) is 0 Å². The van der Waals surface area contributed by atoms with Crippen molar-refractivity contribution in [2.45, 2.75) is 47.1 Å². The van der Waals surface area contributed by atoms with Gasteiger partial charge in [0.25, 0.3) is 0 Å². The van der Waals surface area contributed by atoms with Crippen molar-refractivity contribution in [3.8, 4) is 0 Å². The first-order valence-corrected chi connectivity index (χ1v) is 6.25. The molecule has 0 radical (unpaired) electrons. The maximum absolute atomic E-state index is 5.74. The summed E-state index contributed by atoms with van der Waals surface area (Å²) >= 11 is 0. The fourth-order valence-corrected chi connectivity index (χ4v) is 3.22. The van der Waals surface area contributed by atoms with E-state index in [1.54, 1.807) is 7.11 Å². The van der Waals surface area contributed by atoms with E-state index < -0.39 is 0 Å². The summed E-state index contributed by atoms with van der Waals surface area (Å²) in [5, 5.41) is 0. The fraction of sp³-hybridized carbons (Fsp3) is 1.00. The van der Waals surface area contributed by atoms with Crippen LogP contribution < -0.4 is 11.3 Å². The predicted molar refractivity (Wildman–Crippen MR) is 67.8 cm³/mol. The van der Waals surface area contributed by atoms with E-state index in [0.717, 1.165) is 13.0 Å². The molecule has 0 saturated heterocycles. The van der Waals surface area contributed by atoms with Crippen LogP contribution in [0.2, 0.25) is 0 Å². The molecule has 2 atom stereocenters. The number of hydrazine groups is 1. The highest BCUT2D eigenvalue weighted by Gasteiger charge is 2.67. The molecule has 1 fully saturated rings. The molecule has 0 aromatic carbocycles. The first-order valence-electron chi connectivity index (χ1n) is 6.25. The maximum Gasteiger partial charge on any atom is 0.0465 e. The minimum Gasteiger partial charge on any atom is -0.385 e. The molecule has 0 heterocycles. The minimum atomic E-state index is 0.380. The van der Waals surface area contributed by atoms with Crippen LogP contribution in [0, 0.1) is 22.7 Å². The van der Waals surface area contributed by atoms with E-state index in [1.807, 2.05) is 0 Å². The Labute approximate surface area is 100 Å². The van der Waals surface area contributed by atoms with Gasteiger partial charge in [-0.2, -0.15) is 0 Å². The molecule has 1 rings (SSSR count). The Morgan fingerprint density at radius 2 is 1.75 bits per heavy atom. The summed E-state index contributed by atoms with van der Waals surface area (Å²) in [5.74, 6) is 6.94. The lowest BCUT2D eigenvalue weighted by Crippen LogP contribution is -2.43. The first-order chi connectivity index (χ1) is 7.30. The lowest BCUT2D eigenvalue weighted by Gasteiger charge is -2.25. The predicted octanol–water partition coefficient (Wildman–Crippen LogP) is 2.17. The molecule has 0 spiro atoms. The topological polar surface area (TPSA) is 47.3 Å². The monoisotopic (exact) mass is 228 g/mol. The lowest BCUT2D eigenvalue weighted by molar-refractivity contribution is 0.162. The SMILES string of the molecule is COCCC(C)C(NN)C1C(C)(C)C1(C)C. The first kappa shape index (κ1) is 13.9. The van der Waals surface area contributed by atoms with Crippen LogP contribution in [0.15, 0.2) is 0 Å². The Kier molecular flexibility index (Phi) is 4.04. The molecule has 3 nitrogen and oxygen atoms in total. The van der Waals surface area contributed by atoms with E-state index in [0.29, 0.717) is 28.7 Å². The third kappa shape index (κ3) is 2.13. The largest absolute Gasteiger partial charge is 0.385 e. The van der Waals surface area contributed by atoms with Gasteiger partial charge in [0.2, 0.25) is 0 Å². The highest BCUT2D eigenvalue weighted by Crippen LogP contribution is 2.70. The number of nitrogens with two attached hydrogens (primary N) is 1. The highest BCUT2D eigenvalue weighted by atomic mass is 16.5. The van der Waals surface area contributed by atoms with Crippen molar-refractivity contribution >= 4 is 0 Å². The number of rotatable bonds is 6. The molecule has 16 heavy (non-hydrogen) atoms. The molecule has 3 N–H and O–H groups in total. The summed E-state index contributed by atoms with van der Waals surface area (Å²) in [6.07, 6.45) is 1.06. The van der Waals surface area contributed by atoms with E-state index >= 15 is 0 Å². The molecule has 0 aromatic heterocycles. The van der Waals surface area contributed by atoms with Crippen LogP contribution in [-0.4, -0.2) is 19.8 Å². The van der Waals surface area contributed by atoms with Gasteiger partial charge >= 0.3 is 0 Å². The van der Waals surface area contributed by atoms with Crippen LogP contribution in [0.3, 0.4) is 0 Å². The zero-order chi connectivity index (χ0) is 12.6. The third-order valence-corrected chi connectivity index (χ3v) is 5.07. The molecule has 1 aliphatic rings. The van der Waals surface area contributed by atoms with Gasteiger partial charge in [-0.3, -0.25) is 11.3 Å². The van der Waals surface area contributed by atoms with E-state index in [4.69, 9.17) is 10.6 Å². The highest BCUT2D eigenvalue weighted by molar-refractivity contribution is 5.16. The molecule has 3 heteroatoms. The molecule has 1 aliphatic carbocycles. The number of nitrogens with one attached hydrogen (secondary N) is 1. The third-order valence-electron chi connectivity index (χ3n) is 5.07. The van der Waals surface area contributed by atoms with E-state index in [9.17, 15) is 0 Å². The van der Waals surface area contributed by atoms with Gasteiger partial charge in [-0.15, -0.1) is 0 Å². The molecular formula is C13H28N2O. The van der Waals surface area contributed by atoms with Crippen LogP contribution >= 0.6 is 0 Å². The Hall–Kier alpha value is -0.120. The molecule has 0 bridgehead atoms. The van der Waals surface area contributed by atoms with E-state index in [1.165, 1.54) is 0 Å². The van der Waals surface area contributed by atoms with Gasteiger partial charge in [0.1, 0.15) is 0 Å². The summed E-state index contributed by atoms with van der Waals surface area (Å²) in [6, 6.07) is 0.389. The summed E-state index contributed by atoms with van der Waals surface area (Å²) in [7, 11) is 1.75. The van der Waals surface area contributed by atoms with Crippen molar-refractivity contribution in [1.82, 2.24) is 5.43 Å². The summed E-state index contributed by atoms with van der Waals surface area (Å²) in [4.78, 5) is 0. The average molecular weight is 228 g/mol. The van der Waals surface area contributed by atoms with Gasteiger partial charge in [-0.05, 0) is 29.1 Å². The number of ether oxygens (including phenoxy) is 1. The fourth-order valence-electron chi connectivity index (χ4n) is 3.22. The number of hydrogen-bond acceptors (Lipinski definition) is 3. The minimum absolute atomic E-state index is 0.380. The second-order valence-corrected chi connectivity index (χ2v) is 6.37. The lowest BCUT2D eigenvalue weighted by atomic mass is 9.91. The van der Waals surface area contributed by atoms with Gasteiger partial charge < -0.3 is 4.74 Å². The van der Waals surface area contributed by atoms with Crippen LogP contribution in [-0.2, 0) is 4.74 Å². The van der Waals surface area contributed by atoms with Crippen LogP contribution in [0.1, 0.15) is 41.0 Å². The molecule has 0 aliphatic heterocycles. The van der Waals surface area contributed by atoms with Gasteiger partial charge in [-0.1, -0.05) is 34.6 Å².